The first-order valence-electron chi connectivity index (χ1n) is 12.8. The first kappa shape index (κ1) is 25.5. The third kappa shape index (κ3) is 4.17. The summed E-state index contributed by atoms with van der Waals surface area (Å²) in [6.07, 6.45) is 3.16. The molecule has 0 saturated heterocycles. The van der Waals surface area contributed by atoms with Crippen LogP contribution in [-0.2, 0) is 12.8 Å². The van der Waals surface area contributed by atoms with E-state index in [4.69, 9.17) is 0 Å². The first-order chi connectivity index (χ1) is 17.4. The van der Waals surface area contributed by atoms with Crippen LogP contribution in [-0.4, -0.2) is 44.5 Å². The fourth-order valence-corrected chi connectivity index (χ4v) is 5.48. The normalized spacial score (nSPS) is 17.1. The predicted molar refractivity (Wildman–Crippen MR) is 141 cm³/mol. The maximum Gasteiger partial charge on any atom is 0.278 e. The Morgan fingerprint density at radius 2 is 1.47 bits per heavy atom. The predicted octanol–water partition coefficient (Wildman–Crippen LogP) is 3.98. The lowest BCUT2D eigenvalue weighted by Crippen LogP contribution is -2.64. The SMILES string of the molecule is CC.CC(C)N1C(=O)c2c(O)c(=O)ccn2N(C2c3ccccc3CCc3ccccc32)C1CCO. The van der Waals surface area contributed by atoms with Gasteiger partial charge >= 0.3 is 0 Å². The molecule has 1 aliphatic carbocycles. The topological polar surface area (TPSA) is 86.0 Å². The molecule has 1 unspecified atom stereocenters. The molecular weight excluding hydrogens is 454 g/mol. The number of aromatic hydroxyl groups is 1. The second-order valence-corrected chi connectivity index (χ2v) is 9.20. The molecule has 1 aliphatic heterocycles. The summed E-state index contributed by atoms with van der Waals surface area (Å²) in [5.74, 6) is -0.976. The van der Waals surface area contributed by atoms with Crippen LogP contribution in [0, 0.1) is 0 Å². The van der Waals surface area contributed by atoms with Gasteiger partial charge in [0.2, 0.25) is 5.43 Å². The summed E-state index contributed by atoms with van der Waals surface area (Å²) in [5, 5.41) is 22.8. The van der Waals surface area contributed by atoms with Crippen LogP contribution in [0.4, 0.5) is 0 Å². The highest BCUT2D eigenvalue weighted by Gasteiger charge is 2.44. The van der Waals surface area contributed by atoms with E-state index in [0.717, 1.165) is 24.0 Å². The van der Waals surface area contributed by atoms with Gasteiger partial charge in [-0.05, 0) is 48.9 Å². The molecule has 0 saturated carbocycles. The van der Waals surface area contributed by atoms with Gasteiger partial charge in [-0.2, -0.15) is 0 Å². The molecule has 1 aromatic heterocycles. The van der Waals surface area contributed by atoms with Crippen molar-refractivity contribution in [1.82, 2.24) is 9.58 Å². The van der Waals surface area contributed by atoms with E-state index in [2.05, 4.69) is 29.3 Å². The van der Waals surface area contributed by atoms with E-state index in [1.807, 2.05) is 52.0 Å². The Kier molecular flexibility index (Phi) is 7.50. The fourth-order valence-electron chi connectivity index (χ4n) is 5.48. The second kappa shape index (κ2) is 10.6. The molecule has 5 rings (SSSR count). The molecule has 190 valence electrons. The Bertz CT molecular complexity index is 1250. The molecule has 7 heteroatoms. The highest BCUT2D eigenvalue weighted by Crippen LogP contribution is 2.40. The van der Waals surface area contributed by atoms with Crippen molar-refractivity contribution in [3.63, 3.8) is 0 Å². The number of nitrogens with zero attached hydrogens (tertiary/aromatic N) is 3. The molecule has 1 amide bonds. The lowest BCUT2D eigenvalue weighted by atomic mass is 9.93. The molecule has 7 nitrogen and oxygen atoms in total. The summed E-state index contributed by atoms with van der Waals surface area (Å²) in [5.41, 5.74) is 4.01. The lowest BCUT2D eigenvalue weighted by molar-refractivity contribution is 0.0414. The summed E-state index contributed by atoms with van der Waals surface area (Å²) in [6, 6.07) is 17.4. The van der Waals surface area contributed by atoms with Crippen molar-refractivity contribution in [1.29, 1.82) is 0 Å². The Morgan fingerprint density at radius 3 is 2.00 bits per heavy atom. The summed E-state index contributed by atoms with van der Waals surface area (Å²) in [7, 11) is 0. The van der Waals surface area contributed by atoms with Gasteiger partial charge < -0.3 is 15.1 Å². The number of carbonyl (C=O) groups excluding carboxylic acids is 1. The summed E-state index contributed by atoms with van der Waals surface area (Å²) in [4.78, 5) is 27.6. The van der Waals surface area contributed by atoms with Gasteiger partial charge in [-0.3, -0.25) is 19.3 Å². The molecule has 2 aliphatic rings. The highest BCUT2D eigenvalue weighted by atomic mass is 16.3. The number of carbonyl (C=O) groups is 1. The van der Waals surface area contributed by atoms with Crippen molar-refractivity contribution in [2.45, 2.75) is 65.2 Å². The van der Waals surface area contributed by atoms with Crippen molar-refractivity contribution in [2.24, 2.45) is 0 Å². The van der Waals surface area contributed by atoms with Crippen molar-refractivity contribution < 1.29 is 15.0 Å². The number of aryl methyl sites for hydroxylation is 2. The number of rotatable bonds is 4. The van der Waals surface area contributed by atoms with Gasteiger partial charge in [-0.25, -0.2) is 0 Å². The van der Waals surface area contributed by atoms with Crippen LogP contribution in [0.1, 0.15) is 72.9 Å². The minimum absolute atomic E-state index is 0.0467. The van der Waals surface area contributed by atoms with Crippen molar-refractivity contribution in [3.05, 3.63) is 99.0 Å². The van der Waals surface area contributed by atoms with Crippen LogP contribution in [0.2, 0.25) is 0 Å². The van der Waals surface area contributed by atoms with Gasteiger partial charge in [-0.15, -0.1) is 0 Å². The zero-order valence-corrected chi connectivity index (χ0v) is 21.4. The van der Waals surface area contributed by atoms with E-state index < -0.39 is 23.3 Å². The van der Waals surface area contributed by atoms with E-state index in [1.54, 1.807) is 15.8 Å². The molecule has 1 atom stereocenters. The minimum Gasteiger partial charge on any atom is -0.502 e. The number of hydrogen-bond donors (Lipinski definition) is 2. The fraction of sp³-hybridized carbons (Fsp3) is 0.379. The monoisotopic (exact) mass is 489 g/mol. The van der Waals surface area contributed by atoms with Crippen LogP contribution in [0.15, 0.2) is 65.6 Å². The molecule has 0 bridgehead atoms. The van der Waals surface area contributed by atoms with E-state index in [0.29, 0.717) is 6.42 Å². The maximum atomic E-state index is 13.6. The van der Waals surface area contributed by atoms with Gasteiger partial charge in [0, 0.05) is 31.3 Å². The van der Waals surface area contributed by atoms with E-state index in [-0.39, 0.29) is 24.4 Å². The maximum absolute atomic E-state index is 13.6. The zero-order valence-electron chi connectivity index (χ0n) is 21.4. The number of pyridine rings is 1. The van der Waals surface area contributed by atoms with Crippen LogP contribution in [0.3, 0.4) is 0 Å². The molecular formula is C29H35N3O4. The highest BCUT2D eigenvalue weighted by molar-refractivity contribution is 5.96. The molecule has 0 radical (unpaired) electrons. The van der Waals surface area contributed by atoms with Crippen LogP contribution < -0.4 is 10.4 Å². The number of aliphatic hydroxyl groups excluding tert-OH is 1. The number of amides is 1. The summed E-state index contributed by atoms with van der Waals surface area (Å²) >= 11 is 0. The molecule has 2 aromatic carbocycles. The Hall–Kier alpha value is -3.58. The van der Waals surface area contributed by atoms with E-state index in [1.165, 1.54) is 17.2 Å². The number of hydrogen-bond acceptors (Lipinski definition) is 5. The van der Waals surface area contributed by atoms with Gasteiger partial charge in [0.25, 0.3) is 5.91 Å². The van der Waals surface area contributed by atoms with Crippen molar-refractivity contribution in [2.75, 3.05) is 11.6 Å². The standard InChI is InChI=1S/C27H29N3O4.C2H6/c1-17(2)29-23(14-16-31)30(28-15-13-22(32)26(33)25(28)27(29)34)24-20-9-5-3-7-18(20)11-12-19-8-4-6-10-21(19)24;1-2/h3-10,13,15,17,23-24,31,33H,11-12,14,16H2,1-2H3;1-2H3. The lowest BCUT2D eigenvalue weighted by Gasteiger charge is -2.51. The smallest absolute Gasteiger partial charge is 0.278 e. The van der Waals surface area contributed by atoms with Crippen molar-refractivity contribution >= 4 is 5.91 Å². The number of aromatic nitrogens is 1. The van der Waals surface area contributed by atoms with E-state index >= 15 is 0 Å². The molecule has 3 aromatic rings. The van der Waals surface area contributed by atoms with Crippen LogP contribution in [0.25, 0.3) is 0 Å². The summed E-state index contributed by atoms with van der Waals surface area (Å²) in [6.45, 7) is 7.70. The Morgan fingerprint density at radius 1 is 0.917 bits per heavy atom. The molecule has 36 heavy (non-hydrogen) atoms. The van der Waals surface area contributed by atoms with Crippen molar-refractivity contribution in [3.8, 4) is 5.75 Å². The average molecular weight is 490 g/mol. The third-order valence-electron chi connectivity index (χ3n) is 6.94. The van der Waals surface area contributed by atoms with E-state index in [9.17, 15) is 19.8 Å². The second-order valence-electron chi connectivity index (χ2n) is 9.20. The average Bonchev–Trinajstić information content (AvgIpc) is 3.05. The zero-order chi connectivity index (χ0) is 26.0. The van der Waals surface area contributed by atoms with Gasteiger partial charge in [0.15, 0.2) is 11.4 Å². The van der Waals surface area contributed by atoms with Gasteiger partial charge in [-0.1, -0.05) is 62.4 Å². The molecule has 2 heterocycles. The van der Waals surface area contributed by atoms with Gasteiger partial charge in [0.1, 0.15) is 6.17 Å². The number of fused-ring (bicyclic) bond motifs is 3. The quantitative estimate of drug-likeness (QED) is 0.579. The minimum atomic E-state index is -0.592. The van der Waals surface area contributed by atoms with Gasteiger partial charge in [0.05, 0.1) is 6.04 Å². The number of benzene rings is 2. The Labute approximate surface area is 212 Å². The molecule has 2 N–H and O–H groups in total. The number of aliphatic hydroxyl groups is 1. The first-order valence-corrected chi connectivity index (χ1v) is 12.8. The third-order valence-corrected chi connectivity index (χ3v) is 6.94. The Balaban J connectivity index is 0.00000148. The van der Waals surface area contributed by atoms with Crippen LogP contribution in [0.5, 0.6) is 5.75 Å². The largest absolute Gasteiger partial charge is 0.502 e. The van der Waals surface area contributed by atoms with Crippen LogP contribution >= 0.6 is 0 Å². The molecule has 0 fully saturated rings. The molecule has 0 spiro atoms. The summed E-state index contributed by atoms with van der Waals surface area (Å²) < 4.78 is 1.63.